The summed E-state index contributed by atoms with van der Waals surface area (Å²) in [6.45, 7) is 0. The maximum atomic E-state index is 1.61. The first kappa shape index (κ1) is 6.51. The summed E-state index contributed by atoms with van der Waals surface area (Å²) in [5.74, 6) is 4.71. The molecule has 0 aromatic rings. The van der Waals surface area contributed by atoms with Gasteiger partial charge in [0.2, 0.25) is 0 Å². The first-order valence-corrected chi connectivity index (χ1v) is 5.42. The van der Waals surface area contributed by atoms with Crippen LogP contribution in [0.2, 0.25) is 0 Å². The van der Waals surface area contributed by atoms with Gasteiger partial charge in [0.05, 0.1) is 0 Å². The Labute approximate surface area is 69.4 Å². The second-order valence-corrected chi connectivity index (χ2v) is 5.13. The lowest BCUT2D eigenvalue weighted by Crippen LogP contribution is -2.13. The van der Waals surface area contributed by atoms with Gasteiger partial charge < -0.3 is 0 Å². The second-order valence-electron chi connectivity index (χ2n) is 5.13. The number of hydrogen-bond acceptors (Lipinski definition) is 0. The van der Waals surface area contributed by atoms with Crippen molar-refractivity contribution in [2.45, 2.75) is 44.9 Å². The Kier molecular flexibility index (Phi) is 1.33. The zero-order valence-electron chi connectivity index (χ0n) is 7.26. The number of hydrogen-bond donors (Lipinski definition) is 0. The molecule has 0 heterocycles. The van der Waals surface area contributed by atoms with Gasteiger partial charge in [0.1, 0.15) is 0 Å². The topological polar surface area (TPSA) is 0 Å². The van der Waals surface area contributed by atoms with E-state index in [4.69, 9.17) is 0 Å². The van der Waals surface area contributed by atoms with Gasteiger partial charge in [0.15, 0.2) is 0 Å². The van der Waals surface area contributed by atoms with Gasteiger partial charge in [-0.3, -0.25) is 0 Å². The monoisotopic (exact) mass is 150 g/mol. The van der Waals surface area contributed by atoms with Gasteiger partial charge in [-0.2, -0.15) is 0 Å². The van der Waals surface area contributed by atoms with Gasteiger partial charge in [-0.1, -0.05) is 19.3 Å². The summed E-state index contributed by atoms with van der Waals surface area (Å²) in [6.07, 6.45) is 11.1. The normalized spacial score (nSPS) is 54.5. The van der Waals surface area contributed by atoms with E-state index in [9.17, 15) is 0 Å². The fourth-order valence-corrected chi connectivity index (χ4v) is 3.57. The molecule has 3 fully saturated rings. The summed E-state index contributed by atoms with van der Waals surface area (Å²) in [5, 5.41) is 0. The maximum absolute atomic E-state index is 1.61. The summed E-state index contributed by atoms with van der Waals surface area (Å²) in [5.41, 5.74) is 0. The van der Waals surface area contributed by atoms with Crippen LogP contribution in [0.25, 0.3) is 0 Å². The van der Waals surface area contributed by atoms with Crippen molar-refractivity contribution in [1.82, 2.24) is 0 Å². The minimum Gasteiger partial charge on any atom is -0.0528 e. The van der Waals surface area contributed by atoms with Crippen molar-refractivity contribution in [3.63, 3.8) is 0 Å². The van der Waals surface area contributed by atoms with E-state index in [1.807, 2.05) is 0 Å². The van der Waals surface area contributed by atoms with E-state index in [1.165, 1.54) is 11.8 Å². The van der Waals surface area contributed by atoms with Gasteiger partial charge >= 0.3 is 0 Å². The van der Waals surface area contributed by atoms with E-state index in [1.54, 1.807) is 44.9 Å². The van der Waals surface area contributed by atoms with E-state index >= 15 is 0 Å². The third-order valence-corrected chi connectivity index (χ3v) is 4.23. The van der Waals surface area contributed by atoms with Crippen LogP contribution in [0.3, 0.4) is 0 Å². The molecule has 0 spiro atoms. The molecule has 4 atom stereocenters. The van der Waals surface area contributed by atoms with E-state index in [-0.39, 0.29) is 0 Å². The van der Waals surface area contributed by atoms with E-state index in [0.717, 1.165) is 11.8 Å². The zero-order chi connectivity index (χ0) is 7.26. The molecule has 0 N–H and O–H groups in total. The minimum absolute atomic E-state index is 1.16. The molecule has 0 aliphatic heterocycles. The summed E-state index contributed by atoms with van der Waals surface area (Å²) in [7, 11) is 0. The average molecular weight is 150 g/mol. The molecule has 3 aliphatic rings. The van der Waals surface area contributed by atoms with Crippen LogP contribution in [0.1, 0.15) is 44.9 Å². The fourth-order valence-electron chi connectivity index (χ4n) is 3.57. The quantitative estimate of drug-likeness (QED) is 0.497. The van der Waals surface area contributed by atoms with Gasteiger partial charge in [-0.15, -0.1) is 0 Å². The average Bonchev–Trinajstić information content (AvgIpc) is 2.67. The number of rotatable bonds is 0. The predicted octanol–water partition coefficient (Wildman–Crippen LogP) is 3.22. The minimum atomic E-state index is 1.16. The van der Waals surface area contributed by atoms with Crippen LogP contribution in [0.5, 0.6) is 0 Å². The van der Waals surface area contributed by atoms with E-state index < -0.39 is 0 Å². The first-order valence-electron chi connectivity index (χ1n) is 5.42. The fraction of sp³-hybridized carbons (Fsp3) is 1.00. The smallest absolute Gasteiger partial charge is 0.0380 e. The SMILES string of the molecule is C1CC2CC(C1)CC1CC1C2. The van der Waals surface area contributed by atoms with Crippen LogP contribution in [0.15, 0.2) is 0 Å². The zero-order valence-corrected chi connectivity index (χ0v) is 7.26. The Balaban J connectivity index is 1.77. The molecule has 62 valence electrons. The summed E-state index contributed by atoms with van der Waals surface area (Å²) >= 11 is 0. The molecule has 0 saturated heterocycles. The van der Waals surface area contributed by atoms with Crippen molar-refractivity contribution >= 4 is 0 Å². The van der Waals surface area contributed by atoms with Gasteiger partial charge in [-0.25, -0.2) is 0 Å². The molecule has 0 amide bonds. The van der Waals surface area contributed by atoms with Crippen LogP contribution in [-0.2, 0) is 0 Å². The molecular weight excluding hydrogens is 132 g/mol. The highest BCUT2D eigenvalue weighted by Crippen LogP contribution is 2.54. The van der Waals surface area contributed by atoms with E-state index in [0.29, 0.717) is 0 Å². The first-order chi connectivity index (χ1) is 5.42. The third kappa shape index (κ3) is 1.11. The Hall–Kier alpha value is 0. The highest BCUT2D eigenvalue weighted by molar-refractivity contribution is 4.94. The van der Waals surface area contributed by atoms with Crippen LogP contribution in [0.4, 0.5) is 0 Å². The van der Waals surface area contributed by atoms with Crippen LogP contribution < -0.4 is 0 Å². The van der Waals surface area contributed by atoms with Gasteiger partial charge in [-0.05, 0) is 49.4 Å². The second kappa shape index (κ2) is 2.24. The molecule has 3 aliphatic carbocycles. The Morgan fingerprint density at radius 2 is 1.27 bits per heavy atom. The molecule has 0 aromatic heterocycles. The maximum Gasteiger partial charge on any atom is -0.0380 e. The molecule has 0 heteroatoms. The summed E-state index contributed by atoms with van der Waals surface area (Å²) < 4.78 is 0. The standard InChI is InChI=1S/C11H18/c1-2-8-4-9(3-1)6-11-7-10(11)5-8/h8-11H,1-7H2. The molecular formula is C11H18. The van der Waals surface area contributed by atoms with Crippen molar-refractivity contribution in [2.24, 2.45) is 23.7 Å². The van der Waals surface area contributed by atoms with Crippen molar-refractivity contribution in [1.29, 1.82) is 0 Å². The van der Waals surface area contributed by atoms with Crippen molar-refractivity contribution in [3.8, 4) is 0 Å². The molecule has 4 unspecified atom stereocenters. The van der Waals surface area contributed by atoms with Crippen molar-refractivity contribution < 1.29 is 0 Å². The predicted molar refractivity (Wildman–Crippen MR) is 46.3 cm³/mol. The highest BCUT2D eigenvalue weighted by Gasteiger charge is 2.43. The van der Waals surface area contributed by atoms with Crippen LogP contribution in [0, 0.1) is 23.7 Å². The highest BCUT2D eigenvalue weighted by atomic mass is 14.5. The Bertz CT molecular complexity index is 141. The van der Waals surface area contributed by atoms with Crippen molar-refractivity contribution in [2.75, 3.05) is 0 Å². The molecule has 3 rings (SSSR count). The Morgan fingerprint density at radius 3 is 1.91 bits per heavy atom. The lowest BCUT2D eigenvalue weighted by molar-refractivity contribution is 0.256. The summed E-state index contributed by atoms with van der Waals surface area (Å²) in [6, 6.07) is 0. The summed E-state index contributed by atoms with van der Waals surface area (Å²) in [4.78, 5) is 0. The van der Waals surface area contributed by atoms with Gasteiger partial charge in [0.25, 0.3) is 0 Å². The molecule has 2 bridgehead atoms. The molecule has 3 saturated carbocycles. The number of fused-ring (bicyclic) bond motifs is 3. The molecule has 11 heavy (non-hydrogen) atoms. The Morgan fingerprint density at radius 1 is 0.636 bits per heavy atom. The third-order valence-electron chi connectivity index (χ3n) is 4.23. The van der Waals surface area contributed by atoms with Crippen molar-refractivity contribution in [3.05, 3.63) is 0 Å². The van der Waals surface area contributed by atoms with Crippen LogP contribution in [-0.4, -0.2) is 0 Å². The largest absolute Gasteiger partial charge is 0.0528 e. The molecule has 0 aromatic carbocycles. The van der Waals surface area contributed by atoms with Gasteiger partial charge in [0, 0.05) is 0 Å². The lowest BCUT2D eigenvalue weighted by atomic mass is 9.79. The molecule has 0 radical (unpaired) electrons. The lowest BCUT2D eigenvalue weighted by Gasteiger charge is -2.26. The van der Waals surface area contributed by atoms with Crippen LogP contribution >= 0.6 is 0 Å². The molecule has 0 nitrogen and oxygen atoms in total. The van der Waals surface area contributed by atoms with E-state index in [2.05, 4.69) is 0 Å².